The number of carbonyl (C=O) groups is 1. The molecule has 0 spiro atoms. The van der Waals surface area contributed by atoms with E-state index in [2.05, 4.69) is 34.3 Å². The van der Waals surface area contributed by atoms with Gasteiger partial charge in [-0.2, -0.15) is 0 Å². The van der Waals surface area contributed by atoms with Crippen LogP contribution in [0.5, 0.6) is 11.5 Å². The zero-order valence-corrected chi connectivity index (χ0v) is 20.0. The molecule has 3 aromatic carbocycles. The predicted octanol–water partition coefficient (Wildman–Crippen LogP) is 5.64. The Morgan fingerprint density at radius 3 is 2.38 bits per heavy atom. The van der Waals surface area contributed by atoms with Crippen molar-refractivity contribution in [3.63, 3.8) is 0 Å². The highest BCUT2D eigenvalue weighted by Crippen LogP contribution is 2.29. The highest BCUT2D eigenvalue weighted by atomic mass is 16.5. The lowest BCUT2D eigenvalue weighted by molar-refractivity contribution is -0.115. The number of carbonyl (C=O) groups excluding carboxylic acids is 1. The molecule has 1 aromatic heterocycles. The monoisotopic (exact) mass is 457 g/mol. The van der Waals surface area contributed by atoms with E-state index in [9.17, 15) is 4.79 Å². The topological polar surface area (TPSA) is 76.2 Å². The molecule has 176 valence electrons. The fourth-order valence-corrected chi connectivity index (χ4v) is 3.91. The normalized spacial score (nSPS) is 10.9. The highest BCUT2D eigenvalue weighted by Gasteiger charge is 2.10. The Morgan fingerprint density at radius 2 is 1.62 bits per heavy atom. The van der Waals surface area contributed by atoms with Gasteiger partial charge in [-0.1, -0.05) is 24.3 Å². The summed E-state index contributed by atoms with van der Waals surface area (Å²) in [6.45, 7) is 7.04. The van der Waals surface area contributed by atoms with Crippen LogP contribution in [0.15, 0.2) is 60.7 Å². The molecule has 6 heteroatoms. The second-order valence-corrected chi connectivity index (χ2v) is 8.27. The van der Waals surface area contributed by atoms with Crippen molar-refractivity contribution in [2.24, 2.45) is 0 Å². The van der Waals surface area contributed by atoms with Crippen LogP contribution in [0.4, 0.5) is 5.69 Å². The molecule has 0 fully saturated rings. The quantitative estimate of drug-likeness (QED) is 0.323. The van der Waals surface area contributed by atoms with E-state index in [-0.39, 0.29) is 12.3 Å². The van der Waals surface area contributed by atoms with Crippen LogP contribution in [0, 0.1) is 6.92 Å². The summed E-state index contributed by atoms with van der Waals surface area (Å²) >= 11 is 0. The fourth-order valence-electron chi connectivity index (χ4n) is 3.91. The van der Waals surface area contributed by atoms with Crippen LogP contribution in [0.3, 0.4) is 0 Å². The molecular formula is C28H31N3O3. The highest BCUT2D eigenvalue weighted by molar-refractivity contribution is 5.92. The first kappa shape index (κ1) is 23.4. The van der Waals surface area contributed by atoms with E-state index in [1.165, 1.54) is 11.1 Å². The summed E-state index contributed by atoms with van der Waals surface area (Å²) in [7, 11) is 0. The van der Waals surface area contributed by atoms with Gasteiger partial charge in [0.05, 0.1) is 30.7 Å². The van der Waals surface area contributed by atoms with Crippen LogP contribution in [0.2, 0.25) is 0 Å². The molecule has 0 aliphatic rings. The maximum absolute atomic E-state index is 12.6. The molecule has 2 N–H and O–H groups in total. The number of ether oxygens (including phenoxy) is 2. The minimum absolute atomic E-state index is 0.0723. The molecule has 0 radical (unpaired) electrons. The van der Waals surface area contributed by atoms with Crippen molar-refractivity contribution in [2.45, 2.75) is 40.0 Å². The van der Waals surface area contributed by atoms with E-state index in [4.69, 9.17) is 9.47 Å². The first-order chi connectivity index (χ1) is 16.5. The average molecular weight is 458 g/mol. The molecular weight excluding hydrogens is 426 g/mol. The molecule has 0 aliphatic carbocycles. The molecule has 4 aromatic rings. The van der Waals surface area contributed by atoms with Gasteiger partial charge in [-0.3, -0.25) is 4.79 Å². The Balaban J connectivity index is 1.32. The number of aryl methyl sites for hydroxylation is 3. The number of fused-ring (bicyclic) bond motifs is 1. The van der Waals surface area contributed by atoms with Gasteiger partial charge in [0.2, 0.25) is 5.91 Å². The smallest absolute Gasteiger partial charge is 0.228 e. The average Bonchev–Trinajstić information content (AvgIpc) is 3.22. The van der Waals surface area contributed by atoms with E-state index in [0.717, 1.165) is 41.0 Å². The van der Waals surface area contributed by atoms with Crippen molar-refractivity contribution in [2.75, 3.05) is 18.5 Å². The SMILES string of the molecule is CCOc1ccc(CC(=O)Nc2ccc(CCc3nc4ccc(C)cc4[nH]3)cc2)cc1OCC. The van der Waals surface area contributed by atoms with Crippen molar-refractivity contribution in [1.29, 1.82) is 0 Å². The molecule has 0 saturated carbocycles. The van der Waals surface area contributed by atoms with E-state index in [1.807, 2.05) is 62.4 Å². The third-order valence-electron chi connectivity index (χ3n) is 5.55. The number of aromatic nitrogens is 2. The van der Waals surface area contributed by atoms with Crippen molar-refractivity contribution >= 4 is 22.6 Å². The summed E-state index contributed by atoms with van der Waals surface area (Å²) in [4.78, 5) is 20.6. The van der Waals surface area contributed by atoms with Crippen molar-refractivity contribution in [1.82, 2.24) is 9.97 Å². The maximum Gasteiger partial charge on any atom is 0.228 e. The number of amides is 1. The number of hydrogen-bond acceptors (Lipinski definition) is 4. The van der Waals surface area contributed by atoms with E-state index in [0.29, 0.717) is 24.7 Å². The molecule has 0 saturated heterocycles. The van der Waals surface area contributed by atoms with Gasteiger partial charge in [-0.25, -0.2) is 4.98 Å². The van der Waals surface area contributed by atoms with Gasteiger partial charge >= 0.3 is 0 Å². The molecule has 1 amide bonds. The standard InChI is InChI=1S/C28H31N3O3/c1-4-33-25-14-9-21(17-26(25)34-5-2)18-28(32)29-22-11-7-20(8-12-22)10-15-27-30-23-13-6-19(3)16-24(23)31-27/h6-9,11-14,16-17H,4-5,10,15,18H2,1-3H3,(H,29,32)(H,30,31). The van der Waals surface area contributed by atoms with E-state index < -0.39 is 0 Å². The molecule has 1 heterocycles. The summed E-state index contributed by atoms with van der Waals surface area (Å²) < 4.78 is 11.2. The maximum atomic E-state index is 12.6. The number of imidazole rings is 1. The zero-order valence-electron chi connectivity index (χ0n) is 20.0. The summed E-state index contributed by atoms with van der Waals surface area (Å²) in [5.74, 6) is 2.28. The van der Waals surface area contributed by atoms with Crippen LogP contribution in [-0.4, -0.2) is 29.1 Å². The van der Waals surface area contributed by atoms with Crippen LogP contribution >= 0.6 is 0 Å². The number of anilines is 1. The number of hydrogen-bond donors (Lipinski definition) is 2. The first-order valence-electron chi connectivity index (χ1n) is 11.8. The second kappa shape index (κ2) is 10.9. The molecule has 6 nitrogen and oxygen atoms in total. The fraction of sp³-hybridized carbons (Fsp3) is 0.286. The van der Waals surface area contributed by atoms with Crippen LogP contribution in [-0.2, 0) is 24.1 Å². The zero-order chi connectivity index (χ0) is 23.9. The third-order valence-corrected chi connectivity index (χ3v) is 5.55. The molecule has 0 unspecified atom stereocenters. The van der Waals surface area contributed by atoms with Crippen molar-refractivity contribution in [3.8, 4) is 11.5 Å². The van der Waals surface area contributed by atoms with Gasteiger partial charge < -0.3 is 19.8 Å². The summed E-state index contributed by atoms with van der Waals surface area (Å²) in [5.41, 5.74) is 6.15. The summed E-state index contributed by atoms with van der Waals surface area (Å²) in [6, 6.07) is 19.9. The first-order valence-corrected chi connectivity index (χ1v) is 11.8. The van der Waals surface area contributed by atoms with E-state index >= 15 is 0 Å². The third kappa shape index (κ3) is 5.95. The largest absolute Gasteiger partial charge is 0.490 e. The molecule has 4 rings (SSSR count). The number of nitrogens with one attached hydrogen (secondary N) is 2. The Kier molecular flexibility index (Phi) is 7.48. The minimum atomic E-state index is -0.0723. The molecule has 0 aliphatic heterocycles. The minimum Gasteiger partial charge on any atom is -0.490 e. The second-order valence-electron chi connectivity index (χ2n) is 8.27. The number of benzene rings is 3. The lowest BCUT2D eigenvalue weighted by atomic mass is 10.1. The number of nitrogens with zero attached hydrogens (tertiary/aromatic N) is 1. The lowest BCUT2D eigenvalue weighted by Gasteiger charge is -2.12. The van der Waals surface area contributed by atoms with Crippen LogP contribution < -0.4 is 14.8 Å². The summed E-state index contributed by atoms with van der Waals surface area (Å²) in [6.07, 6.45) is 1.97. The van der Waals surface area contributed by atoms with Gasteiger partial charge in [0.25, 0.3) is 0 Å². The lowest BCUT2D eigenvalue weighted by Crippen LogP contribution is -2.14. The van der Waals surface area contributed by atoms with Crippen LogP contribution in [0.1, 0.15) is 36.4 Å². The summed E-state index contributed by atoms with van der Waals surface area (Å²) in [5, 5.41) is 2.98. The molecule has 34 heavy (non-hydrogen) atoms. The Morgan fingerprint density at radius 1 is 0.882 bits per heavy atom. The van der Waals surface area contributed by atoms with E-state index in [1.54, 1.807) is 0 Å². The van der Waals surface area contributed by atoms with Gasteiger partial charge in [-0.15, -0.1) is 0 Å². The predicted molar refractivity (Wildman–Crippen MR) is 136 cm³/mol. The van der Waals surface area contributed by atoms with Crippen molar-refractivity contribution in [3.05, 3.63) is 83.2 Å². The Bertz CT molecular complexity index is 1260. The Labute approximate surface area is 200 Å². The molecule has 0 bridgehead atoms. The van der Waals surface area contributed by atoms with Gasteiger partial charge in [0, 0.05) is 12.1 Å². The Hall–Kier alpha value is -3.80. The molecule has 0 atom stereocenters. The number of rotatable bonds is 10. The van der Waals surface area contributed by atoms with Gasteiger partial charge in [0.15, 0.2) is 11.5 Å². The van der Waals surface area contributed by atoms with Crippen molar-refractivity contribution < 1.29 is 14.3 Å². The van der Waals surface area contributed by atoms with Gasteiger partial charge in [0.1, 0.15) is 5.82 Å². The number of H-pyrrole nitrogens is 1. The number of aromatic amines is 1. The van der Waals surface area contributed by atoms with Crippen LogP contribution in [0.25, 0.3) is 11.0 Å². The van der Waals surface area contributed by atoms with Gasteiger partial charge in [-0.05, 0) is 80.3 Å².